The van der Waals surface area contributed by atoms with E-state index in [4.69, 9.17) is 4.74 Å². The van der Waals surface area contributed by atoms with Gasteiger partial charge in [-0.15, -0.1) is 11.3 Å². The first-order chi connectivity index (χ1) is 40.0. The third-order valence-electron chi connectivity index (χ3n) is 15.8. The molecule has 18 nitrogen and oxygen atoms in total. The molecule has 22 heteroatoms. The van der Waals surface area contributed by atoms with Gasteiger partial charge >= 0.3 is 13.3 Å². The van der Waals surface area contributed by atoms with Crippen LogP contribution in [-0.2, 0) is 47.2 Å². The molecule has 4 aromatic carbocycles. The van der Waals surface area contributed by atoms with Crippen molar-refractivity contribution in [1.82, 2.24) is 30.7 Å². The fraction of sp³-hybridized carbons (Fsp3) is 0.419. The molecule has 4 aliphatic heterocycles. The summed E-state index contributed by atoms with van der Waals surface area (Å²) in [5.74, 6) is 2.60. The van der Waals surface area contributed by atoms with Crippen LogP contribution >= 0.6 is 18.9 Å². The van der Waals surface area contributed by atoms with Gasteiger partial charge in [0, 0.05) is 67.2 Å². The molecule has 5 aromatic rings. The number of hydrogen-bond acceptors (Lipinski definition) is 11. The van der Waals surface area contributed by atoms with E-state index >= 15 is 4.79 Å². The predicted molar refractivity (Wildman–Crippen MR) is 309 cm³/mol. The summed E-state index contributed by atoms with van der Waals surface area (Å²) in [5.41, 5.74) is -2.88. The molecule has 0 aliphatic carbocycles. The summed E-state index contributed by atoms with van der Waals surface area (Å²) >= 11 is 0.962. The number of hydrogen-bond donors (Lipinski definition) is 5. The molecule has 5 N–H and O–H groups in total. The molecule has 0 spiro atoms. The molecule has 4 aliphatic rings. The van der Waals surface area contributed by atoms with Gasteiger partial charge in [0.15, 0.2) is 6.61 Å². The molecule has 2 unspecified atom stereocenters. The zero-order chi connectivity index (χ0) is 60.1. The number of nitrogens with one attached hydrogen (secondary N) is 3. The van der Waals surface area contributed by atoms with Gasteiger partial charge in [-0.05, 0) is 102 Å². The van der Waals surface area contributed by atoms with Crippen LogP contribution in [0.15, 0.2) is 91.0 Å². The predicted octanol–water partition coefficient (Wildman–Crippen LogP) is 8.31. The monoisotopic (exact) mass is 1190 g/mol. The highest BCUT2D eigenvalue weighted by Crippen LogP contribution is 2.59. The van der Waals surface area contributed by atoms with Crippen molar-refractivity contribution in [2.45, 2.75) is 134 Å². The van der Waals surface area contributed by atoms with Gasteiger partial charge < -0.3 is 35.0 Å². The fourth-order valence-corrected chi connectivity index (χ4v) is 12.7. The number of thiophene rings is 1. The van der Waals surface area contributed by atoms with E-state index in [0.717, 1.165) is 90.9 Å². The molecular formula is C62H67F2N6O12PS. The maximum Gasteiger partial charge on any atom is 0.399 e. The van der Waals surface area contributed by atoms with Crippen LogP contribution in [0.5, 0.6) is 5.75 Å². The standard InChI is InChI=1S/C62H67F2N6O12PS/c1-61(2,3)54(67-56(74)50-34-42-31-44(24-27-49(42)84-50)62(63,64)83(79,80)81)60(78)69-36-43-32-45(25-23-40(43)33-48(69)58(76)68-30-16-21-41(35-68)38-17-12-10-13-18-38)82-37-52(72)65-29-14-9-7-5-4-6-8-11-19-39-20-15-22-46-53(39)59(77)70(57(46)75)47-26-28-51(71)66-55(47)73/h10,12-13,15,17-18,20,22-25,27,31-32,34,41,47-48,54H,4-9,14,16,21,26,28-30,33,35-37H2,1-3H3,(H,65,72)(H,67,74)(H,66,71,73)(H2,79,80,81)/t41-,47?,48-,54?/m0/s1. The molecule has 442 valence electrons. The smallest absolute Gasteiger partial charge is 0.399 e. The molecule has 0 saturated carbocycles. The van der Waals surface area contributed by atoms with Crippen LogP contribution in [0.1, 0.15) is 156 Å². The van der Waals surface area contributed by atoms with Crippen LogP contribution in [0.2, 0.25) is 0 Å². The minimum Gasteiger partial charge on any atom is -0.484 e. The lowest BCUT2D eigenvalue weighted by atomic mass is 9.83. The molecule has 0 bridgehead atoms. The minimum absolute atomic E-state index is 0.0193. The zero-order valence-corrected chi connectivity index (χ0v) is 48.6. The van der Waals surface area contributed by atoms with Crippen LogP contribution < -0.4 is 20.7 Å². The maximum absolute atomic E-state index is 15.2. The van der Waals surface area contributed by atoms with E-state index < -0.39 is 77.8 Å². The Labute approximate surface area is 489 Å². The van der Waals surface area contributed by atoms with E-state index in [1.165, 1.54) is 23.1 Å². The van der Waals surface area contributed by atoms with Crippen molar-refractivity contribution in [3.63, 3.8) is 0 Å². The molecular weight excluding hydrogens is 1120 g/mol. The Kier molecular flexibility index (Phi) is 18.6. The molecule has 0 radical (unpaired) electrons. The Morgan fingerprint density at radius 3 is 2.36 bits per heavy atom. The number of benzene rings is 4. The average molecular weight is 1190 g/mol. The second-order valence-electron chi connectivity index (χ2n) is 22.9. The quantitative estimate of drug-likeness (QED) is 0.0227. The number of imide groups is 2. The lowest BCUT2D eigenvalue weighted by Gasteiger charge is -2.43. The highest BCUT2D eigenvalue weighted by atomic mass is 32.1. The van der Waals surface area contributed by atoms with Gasteiger partial charge in [0.2, 0.25) is 23.6 Å². The van der Waals surface area contributed by atoms with E-state index in [1.54, 1.807) is 45.0 Å². The first-order valence-corrected chi connectivity index (χ1v) is 30.7. The summed E-state index contributed by atoms with van der Waals surface area (Å²) in [7, 11) is -5.86. The second kappa shape index (κ2) is 25.7. The Morgan fingerprint density at radius 2 is 1.62 bits per heavy atom. The van der Waals surface area contributed by atoms with Crippen molar-refractivity contribution < 1.29 is 66.2 Å². The van der Waals surface area contributed by atoms with Crippen LogP contribution in [0.4, 0.5) is 8.78 Å². The van der Waals surface area contributed by atoms with E-state index in [2.05, 4.69) is 27.8 Å². The van der Waals surface area contributed by atoms with Crippen molar-refractivity contribution in [3.05, 3.63) is 135 Å². The van der Waals surface area contributed by atoms with E-state index in [9.17, 15) is 56.7 Å². The summed E-state index contributed by atoms with van der Waals surface area (Å²) < 4.78 is 47.3. The first kappa shape index (κ1) is 60.9. The van der Waals surface area contributed by atoms with Gasteiger partial charge in [-0.25, -0.2) is 0 Å². The van der Waals surface area contributed by atoms with Gasteiger partial charge in [0.05, 0.1) is 16.0 Å². The minimum atomic E-state index is -5.86. The number of rotatable bonds is 19. The number of nitrogens with zero attached hydrogens (tertiary/aromatic N) is 3. The third-order valence-corrected chi connectivity index (χ3v) is 17.9. The molecule has 1 aromatic heterocycles. The van der Waals surface area contributed by atoms with E-state index in [-0.39, 0.29) is 71.5 Å². The summed E-state index contributed by atoms with van der Waals surface area (Å²) in [6.45, 7) is 6.46. The van der Waals surface area contributed by atoms with Gasteiger partial charge in [-0.2, -0.15) is 8.78 Å². The molecule has 8 amide bonds. The Bertz CT molecular complexity index is 3520. The molecule has 2 fully saturated rings. The highest BCUT2D eigenvalue weighted by molar-refractivity contribution is 7.52. The van der Waals surface area contributed by atoms with Crippen molar-refractivity contribution in [2.24, 2.45) is 5.41 Å². The highest BCUT2D eigenvalue weighted by Gasteiger charge is 2.51. The number of likely N-dealkylation sites (tertiary alicyclic amines) is 1. The number of ether oxygens (including phenoxy) is 1. The lowest BCUT2D eigenvalue weighted by molar-refractivity contribution is -0.150. The van der Waals surface area contributed by atoms with Crippen molar-refractivity contribution in [1.29, 1.82) is 0 Å². The number of halogens is 2. The van der Waals surface area contributed by atoms with Crippen LogP contribution in [0.25, 0.3) is 10.1 Å². The SMILES string of the molecule is CC(C)(C)C(NC(=O)c1cc2cc(C(F)(F)P(=O)(O)O)ccc2s1)C(=O)N1Cc2cc(OCC(=O)NCCCCCCCCC#Cc3cccc4c3C(=O)N(C3CCC(=O)NC3=O)C4=O)ccc2C[C@H]1C(=O)N1CCC[C@H](c2ccccc2)C1. The Hall–Kier alpha value is -7.63. The number of fused-ring (bicyclic) bond motifs is 3. The van der Waals surface area contributed by atoms with Crippen LogP contribution in [0.3, 0.4) is 0 Å². The Morgan fingerprint density at radius 1 is 0.869 bits per heavy atom. The number of alkyl halides is 2. The maximum atomic E-state index is 15.2. The van der Waals surface area contributed by atoms with Crippen molar-refractivity contribution >= 4 is 76.3 Å². The third kappa shape index (κ3) is 13.6. The summed E-state index contributed by atoms with van der Waals surface area (Å²) in [6, 6.07) is 21.4. The molecule has 5 heterocycles. The average Bonchev–Trinajstić information content (AvgIpc) is 2.27. The van der Waals surface area contributed by atoms with Crippen molar-refractivity contribution in [3.8, 4) is 17.6 Å². The normalized spacial score (nSPS) is 18.6. The first-order valence-electron chi connectivity index (χ1n) is 28.3. The summed E-state index contributed by atoms with van der Waals surface area (Å²) in [6.07, 6.45) is 7.80. The zero-order valence-electron chi connectivity index (χ0n) is 46.9. The molecule has 4 atom stereocenters. The lowest BCUT2D eigenvalue weighted by Crippen LogP contribution is -2.61. The van der Waals surface area contributed by atoms with Gasteiger partial charge in [-0.3, -0.25) is 53.1 Å². The second-order valence-corrected chi connectivity index (χ2v) is 25.6. The van der Waals surface area contributed by atoms with Gasteiger partial charge in [0.25, 0.3) is 23.6 Å². The van der Waals surface area contributed by atoms with Gasteiger partial charge in [-0.1, -0.05) is 107 Å². The van der Waals surface area contributed by atoms with Crippen LogP contribution in [-0.4, -0.2) is 116 Å². The number of amides is 8. The topological polar surface area (TPSA) is 249 Å². The van der Waals surface area contributed by atoms with Crippen molar-refractivity contribution in [2.75, 3.05) is 26.2 Å². The van der Waals surface area contributed by atoms with Gasteiger partial charge in [0.1, 0.15) is 23.9 Å². The molecule has 84 heavy (non-hydrogen) atoms. The largest absolute Gasteiger partial charge is 0.484 e. The number of carbonyl (C=O) groups excluding carboxylic acids is 8. The fourth-order valence-electron chi connectivity index (χ4n) is 11.3. The number of piperidine rings is 2. The summed E-state index contributed by atoms with van der Waals surface area (Å²) in [5, 5.41) is 8.14. The number of unbranched alkanes of at least 4 members (excludes halogenated alkanes) is 6. The van der Waals surface area contributed by atoms with E-state index in [0.29, 0.717) is 47.6 Å². The molecule has 9 rings (SSSR count). The summed E-state index contributed by atoms with van der Waals surface area (Å²) in [4.78, 5) is 131. The van der Waals surface area contributed by atoms with E-state index in [1.807, 2.05) is 41.3 Å². The number of carbonyl (C=O) groups is 8. The Balaban J connectivity index is 0.780. The van der Waals surface area contributed by atoms with Crippen LogP contribution in [0, 0.1) is 17.3 Å². The molecule has 2 saturated heterocycles.